The first-order chi connectivity index (χ1) is 8.16. The Labute approximate surface area is 104 Å². The van der Waals surface area contributed by atoms with Gasteiger partial charge in [0, 0.05) is 17.9 Å². The lowest BCUT2D eigenvalue weighted by atomic mass is 10.3. The van der Waals surface area contributed by atoms with Crippen LogP contribution >= 0.6 is 11.8 Å². The maximum absolute atomic E-state index is 11.7. The average molecular weight is 251 g/mol. The molecule has 90 valence electrons. The van der Waals surface area contributed by atoms with Crippen molar-refractivity contribution in [3.8, 4) is 5.75 Å². The van der Waals surface area contributed by atoms with Crippen molar-refractivity contribution in [2.24, 2.45) is 0 Å². The normalized spacial score (nSPS) is 15.3. The van der Waals surface area contributed by atoms with Gasteiger partial charge in [-0.3, -0.25) is 14.5 Å². The van der Waals surface area contributed by atoms with Gasteiger partial charge in [0.2, 0.25) is 11.8 Å². The number of amides is 2. The summed E-state index contributed by atoms with van der Waals surface area (Å²) < 4.78 is 0. The van der Waals surface area contributed by atoms with Gasteiger partial charge >= 0.3 is 0 Å². The molecule has 17 heavy (non-hydrogen) atoms. The van der Waals surface area contributed by atoms with Crippen molar-refractivity contribution in [3.63, 3.8) is 0 Å². The number of carbonyl (C=O) groups is 2. The summed E-state index contributed by atoms with van der Waals surface area (Å²) in [6.45, 7) is 0.540. The molecule has 1 N–H and O–H groups in total. The van der Waals surface area contributed by atoms with Crippen molar-refractivity contribution in [1.82, 2.24) is 4.90 Å². The van der Waals surface area contributed by atoms with Crippen LogP contribution in [0.15, 0.2) is 29.2 Å². The van der Waals surface area contributed by atoms with E-state index in [1.807, 2.05) is 6.07 Å². The molecule has 0 saturated carbocycles. The third-order valence-corrected chi connectivity index (χ3v) is 3.53. The Hall–Kier alpha value is -1.49. The van der Waals surface area contributed by atoms with Crippen LogP contribution in [0.25, 0.3) is 0 Å². The third kappa shape index (κ3) is 3.00. The first kappa shape index (κ1) is 12.0. The molecule has 4 nitrogen and oxygen atoms in total. The summed E-state index contributed by atoms with van der Waals surface area (Å²) >= 11 is 1.33. The van der Waals surface area contributed by atoms with Crippen molar-refractivity contribution in [1.29, 1.82) is 0 Å². The van der Waals surface area contributed by atoms with Gasteiger partial charge in [-0.05, 0) is 24.6 Å². The molecule has 0 spiro atoms. The minimum atomic E-state index is -0.152. The van der Waals surface area contributed by atoms with Crippen LogP contribution in [0.5, 0.6) is 5.75 Å². The molecule has 1 aliphatic rings. The van der Waals surface area contributed by atoms with E-state index in [0.29, 0.717) is 13.0 Å². The van der Waals surface area contributed by atoms with Crippen LogP contribution in [0.2, 0.25) is 0 Å². The summed E-state index contributed by atoms with van der Waals surface area (Å²) in [6, 6.07) is 6.73. The van der Waals surface area contributed by atoms with Gasteiger partial charge in [0.25, 0.3) is 0 Å². The molecule has 0 unspecified atom stereocenters. The summed E-state index contributed by atoms with van der Waals surface area (Å²) in [7, 11) is 0. The second-order valence-electron chi connectivity index (χ2n) is 3.83. The highest BCUT2D eigenvalue weighted by atomic mass is 32.2. The van der Waals surface area contributed by atoms with Gasteiger partial charge in [-0.2, -0.15) is 0 Å². The number of phenolic OH excluding ortho intramolecular Hbond substituents is 1. The van der Waals surface area contributed by atoms with E-state index in [1.165, 1.54) is 16.7 Å². The number of rotatable bonds is 3. The smallest absolute Gasteiger partial charge is 0.239 e. The molecule has 0 atom stereocenters. The zero-order valence-corrected chi connectivity index (χ0v) is 10.1. The number of aromatic hydroxyl groups is 1. The Bertz CT molecular complexity index is 447. The van der Waals surface area contributed by atoms with E-state index < -0.39 is 0 Å². The van der Waals surface area contributed by atoms with Gasteiger partial charge < -0.3 is 5.11 Å². The van der Waals surface area contributed by atoms with Crippen LogP contribution in [-0.4, -0.2) is 34.1 Å². The zero-order valence-electron chi connectivity index (χ0n) is 9.26. The predicted molar refractivity (Wildman–Crippen MR) is 64.8 cm³/mol. The average Bonchev–Trinajstić information content (AvgIpc) is 2.72. The topological polar surface area (TPSA) is 57.6 Å². The van der Waals surface area contributed by atoms with Crippen LogP contribution in [0, 0.1) is 0 Å². The standard InChI is InChI=1S/C12H13NO3S/c14-9-3-1-4-10(7-9)17-8-12(16)13-6-2-5-11(13)15/h1,3-4,7,14H,2,5-6,8H2. The second-order valence-corrected chi connectivity index (χ2v) is 4.88. The molecule has 0 bridgehead atoms. The molecule has 1 fully saturated rings. The molecule has 1 aliphatic heterocycles. The highest BCUT2D eigenvalue weighted by Gasteiger charge is 2.25. The molecule has 5 heteroatoms. The van der Waals surface area contributed by atoms with E-state index in [0.717, 1.165) is 11.3 Å². The zero-order chi connectivity index (χ0) is 12.3. The summed E-state index contributed by atoms with van der Waals surface area (Å²) in [5, 5.41) is 9.27. The molecule has 1 heterocycles. The molecule has 0 radical (unpaired) electrons. The molecule has 0 aliphatic carbocycles. The number of benzene rings is 1. The number of thioether (sulfide) groups is 1. The van der Waals surface area contributed by atoms with Gasteiger partial charge in [0.15, 0.2) is 0 Å². The number of carbonyl (C=O) groups excluding carboxylic acids is 2. The van der Waals surface area contributed by atoms with E-state index in [4.69, 9.17) is 0 Å². The fourth-order valence-electron chi connectivity index (χ4n) is 1.71. The van der Waals surface area contributed by atoms with E-state index in [1.54, 1.807) is 18.2 Å². The number of hydrogen-bond donors (Lipinski definition) is 1. The van der Waals surface area contributed by atoms with E-state index in [2.05, 4.69) is 0 Å². The molecule has 2 rings (SSSR count). The Kier molecular flexibility index (Phi) is 3.68. The molecular weight excluding hydrogens is 238 g/mol. The minimum Gasteiger partial charge on any atom is -0.508 e. The number of likely N-dealkylation sites (tertiary alicyclic amines) is 1. The highest BCUT2D eigenvalue weighted by Crippen LogP contribution is 2.23. The lowest BCUT2D eigenvalue weighted by molar-refractivity contribution is -0.140. The van der Waals surface area contributed by atoms with Crippen molar-refractivity contribution in [3.05, 3.63) is 24.3 Å². The van der Waals surface area contributed by atoms with E-state index in [-0.39, 0.29) is 23.3 Å². The first-order valence-corrected chi connectivity index (χ1v) is 6.40. The SMILES string of the molecule is O=C1CCCN1C(=O)CSc1cccc(O)c1. The van der Waals surface area contributed by atoms with Crippen LogP contribution in [0.3, 0.4) is 0 Å². The van der Waals surface area contributed by atoms with Gasteiger partial charge in [0.05, 0.1) is 5.75 Å². The molecule has 0 aromatic heterocycles. The summed E-state index contributed by atoms with van der Waals surface area (Å²) in [6.07, 6.45) is 1.24. The monoisotopic (exact) mass is 251 g/mol. The van der Waals surface area contributed by atoms with Crippen molar-refractivity contribution in [2.45, 2.75) is 17.7 Å². The highest BCUT2D eigenvalue weighted by molar-refractivity contribution is 8.00. The first-order valence-electron chi connectivity index (χ1n) is 5.42. The van der Waals surface area contributed by atoms with Gasteiger partial charge in [-0.15, -0.1) is 11.8 Å². The Morgan fingerprint density at radius 2 is 2.29 bits per heavy atom. The molecule has 1 aromatic rings. The summed E-state index contributed by atoms with van der Waals surface area (Å²) in [5.74, 6) is 0.182. The Balaban J connectivity index is 1.90. The van der Waals surface area contributed by atoms with Crippen LogP contribution in [-0.2, 0) is 9.59 Å². The fourth-order valence-corrected chi connectivity index (χ4v) is 2.53. The quantitative estimate of drug-likeness (QED) is 0.830. The van der Waals surface area contributed by atoms with Crippen LogP contribution in [0.1, 0.15) is 12.8 Å². The van der Waals surface area contributed by atoms with Crippen LogP contribution in [0.4, 0.5) is 0 Å². The molecule has 1 saturated heterocycles. The van der Waals surface area contributed by atoms with E-state index >= 15 is 0 Å². The Morgan fingerprint density at radius 1 is 1.47 bits per heavy atom. The third-order valence-electron chi connectivity index (χ3n) is 2.55. The van der Waals surface area contributed by atoms with Gasteiger partial charge in [-0.25, -0.2) is 0 Å². The minimum absolute atomic E-state index is 0.0773. The Morgan fingerprint density at radius 3 is 2.94 bits per heavy atom. The molecular formula is C12H13NO3S. The summed E-state index contributed by atoms with van der Waals surface area (Å²) in [5.41, 5.74) is 0. The van der Waals surface area contributed by atoms with Crippen LogP contribution < -0.4 is 0 Å². The number of nitrogens with zero attached hydrogens (tertiary/aromatic N) is 1. The second kappa shape index (κ2) is 5.23. The maximum Gasteiger partial charge on any atom is 0.239 e. The van der Waals surface area contributed by atoms with Crippen molar-refractivity contribution in [2.75, 3.05) is 12.3 Å². The predicted octanol–water partition coefficient (Wildman–Crippen LogP) is 1.63. The lowest BCUT2D eigenvalue weighted by Crippen LogP contribution is -2.33. The number of hydrogen-bond acceptors (Lipinski definition) is 4. The maximum atomic E-state index is 11.7. The summed E-state index contributed by atoms with van der Waals surface area (Å²) in [4.78, 5) is 25.2. The lowest BCUT2D eigenvalue weighted by Gasteiger charge is -2.12. The number of imide groups is 1. The van der Waals surface area contributed by atoms with Crippen molar-refractivity contribution < 1.29 is 14.7 Å². The van der Waals surface area contributed by atoms with Crippen molar-refractivity contribution >= 4 is 23.6 Å². The fraction of sp³-hybridized carbons (Fsp3) is 0.333. The largest absolute Gasteiger partial charge is 0.508 e. The molecule has 2 amide bonds. The van der Waals surface area contributed by atoms with Gasteiger partial charge in [0.1, 0.15) is 5.75 Å². The van der Waals surface area contributed by atoms with E-state index in [9.17, 15) is 14.7 Å². The van der Waals surface area contributed by atoms with Gasteiger partial charge in [-0.1, -0.05) is 6.07 Å². The molecule has 1 aromatic carbocycles. The number of phenols is 1.